The van der Waals surface area contributed by atoms with Crippen LogP contribution in [-0.4, -0.2) is 29.5 Å². The van der Waals surface area contributed by atoms with Crippen LogP contribution in [-0.2, 0) is 11.3 Å². The molecular weight excluding hydrogens is 330 g/mol. The first-order valence-corrected chi connectivity index (χ1v) is 8.75. The van der Waals surface area contributed by atoms with Gasteiger partial charge in [-0.2, -0.15) is 0 Å². The van der Waals surface area contributed by atoms with E-state index >= 15 is 0 Å². The highest BCUT2D eigenvalue weighted by atomic mass is 16.5. The average Bonchev–Trinajstić information content (AvgIpc) is 2.81. The molecule has 1 heterocycles. The maximum absolute atomic E-state index is 12.3. The third-order valence-corrected chi connectivity index (χ3v) is 4.49. The van der Waals surface area contributed by atoms with E-state index in [1.54, 1.807) is 12.1 Å². The predicted octanol–water partition coefficient (Wildman–Crippen LogP) is 3.85. The monoisotopic (exact) mass is 353 g/mol. The first-order valence-electron chi connectivity index (χ1n) is 8.75. The van der Waals surface area contributed by atoms with Gasteiger partial charge in [0.2, 0.25) is 0 Å². The Kier molecular flexibility index (Phi) is 5.41. The Labute approximate surface area is 153 Å². The lowest BCUT2D eigenvalue weighted by Gasteiger charge is -2.26. The largest absolute Gasteiger partial charge is 0.483 e. The van der Waals surface area contributed by atoms with Crippen LogP contribution in [0.25, 0.3) is 0 Å². The summed E-state index contributed by atoms with van der Waals surface area (Å²) in [4.78, 5) is 26.3. The number of amides is 3. The van der Waals surface area contributed by atoms with Crippen LogP contribution in [0.1, 0.15) is 25.8 Å². The van der Waals surface area contributed by atoms with Crippen molar-refractivity contribution in [1.82, 2.24) is 4.90 Å². The summed E-state index contributed by atoms with van der Waals surface area (Å²) in [6.45, 7) is 4.59. The van der Waals surface area contributed by atoms with Gasteiger partial charge in [0.25, 0.3) is 5.91 Å². The van der Waals surface area contributed by atoms with Crippen molar-refractivity contribution in [2.75, 3.05) is 17.2 Å². The number of urea groups is 1. The Morgan fingerprint density at radius 3 is 2.62 bits per heavy atom. The van der Waals surface area contributed by atoms with Crippen molar-refractivity contribution in [2.24, 2.45) is 0 Å². The van der Waals surface area contributed by atoms with Crippen molar-refractivity contribution >= 4 is 23.3 Å². The molecule has 0 spiro atoms. The van der Waals surface area contributed by atoms with Crippen LogP contribution in [0.2, 0.25) is 0 Å². The summed E-state index contributed by atoms with van der Waals surface area (Å²) in [7, 11) is 0. The molecule has 26 heavy (non-hydrogen) atoms. The van der Waals surface area contributed by atoms with E-state index in [0.717, 1.165) is 17.7 Å². The van der Waals surface area contributed by atoms with Crippen molar-refractivity contribution in [3.63, 3.8) is 0 Å². The van der Waals surface area contributed by atoms with E-state index < -0.39 is 0 Å². The molecule has 0 radical (unpaired) electrons. The molecule has 3 rings (SSSR count). The van der Waals surface area contributed by atoms with E-state index in [9.17, 15) is 9.59 Å². The maximum atomic E-state index is 12.3. The molecule has 0 saturated heterocycles. The number of hydrogen-bond acceptors (Lipinski definition) is 3. The summed E-state index contributed by atoms with van der Waals surface area (Å²) < 4.78 is 5.62. The number of nitrogens with one attached hydrogen (secondary N) is 2. The fourth-order valence-corrected chi connectivity index (χ4v) is 2.85. The van der Waals surface area contributed by atoms with Crippen LogP contribution in [0, 0.1) is 0 Å². The van der Waals surface area contributed by atoms with Gasteiger partial charge in [-0.1, -0.05) is 25.1 Å². The number of hydrogen-bond donors (Lipinski definition) is 2. The summed E-state index contributed by atoms with van der Waals surface area (Å²) in [5, 5.41) is 5.60. The Bertz CT molecular complexity index is 792. The number of rotatable bonds is 4. The van der Waals surface area contributed by atoms with Crippen LogP contribution in [0.15, 0.2) is 48.5 Å². The lowest BCUT2D eigenvalue weighted by atomic mass is 10.1. The second kappa shape index (κ2) is 7.91. The topological polar surface area (TPSA) is 70.7 Å². The summed E-state index contributed by atoms with van der Waals surface area (Å²) in [6, 6.07) is 14.5. The van der Waals surface area contributed by atoms with Crippen molar-refractivity contribution in [2.45, 2.75) is 32.9 Å². The molecule has 136 valence electrons. The second-order valence-electron chi connectivity index (χ2n) is 6.34. The zero-order valence-corrected chi connectivity index (χ0v) is 15.0. The van der Waals surface area contributed by atoms with Crippen LogP contribution in [0.4, 0.5) is 16.2 Å². The van der Waals surface area contributed by atoms with Gasteiger partial charge in [0.1, 0.15) is 5.75 Å². The molecule has 0 saturated carbocycles. The fraction of sp³-hybridized carbons (Fsp3) is 0.300. The number of carbonyl (C=O) groups excluding carboxylic acids is 2. The Morgan fingerprint density at radius 2 is 1.88 bits per heavy atom. The summed E-state index contributed by atoms with van der Waals surface area (Å²) >= 11 is 0. The first kappa shape index (κ1) is 17.8. The minimum atomic E-state index is -0.319. The molecular formula is C20H23N3O3. The molecule has 6 heteroatoms. The zero-order valence-electron chi connectivity index (χ0n) is 15.0. The molecule has 3 amide bonds. The SMILES string of the molecule is CCC(C)N1Cc2cc(NC(=O)Nc3ccccc3)ccc2OCC1=O. The Morgan fingerprint density at radius 1 is 1.15 bits per heavy atom. The van der Waals surface area contributed by atoms with Crippen molar-refractivity contribution in [1.29, 1.82) is 0 Å². The smallest absolute Gasteiger partial charge is 0.323 e. The molecule has 0 fully saturated rings. The third-order valence-electron chi connectivity index (χ3n) is 4.49. The number of fused-ring (bicyclic) bond motifs is 1. The molecule has 1 aliphatic heterocycles. The molecule has 2 aromatic rings. The van der Waals surface area contributed by atoms with Crippen molar-refractivity contribution in [3.05, 3.63) is 54.1 Å². The van der Waals surface area contributed by atoms with Crippen LogP contribution in [0.5, 0.6) is 5.75 Å². The minimum absolute atomic E-state index is 0.0214. The number of ether oxygens (including phenoxy) is 1. The summed E-state index contributed by atoms with van der Waals surface area (Å²) in [5.41, 5.74) is 2.25. The highest BCUT2D eigenvalue weighted by Crippen LogP contribution is 2.28. The van der Waals surface area contributed by atoms with E-state index in [2.05, 4.69) is 17.6 Å². The molecule has 0 aliphatic carbocycles. The molecule has 1 atom stereocenters. The highest BCUT2D eigenvalue weighted by molar-refractivity contribution is 5.99. The standard InChI is InChI=1S/C20H23N3O3/c1-3-14(2)23-12-15-11-17(9-10-18(15)26-13-19(23)24)22-20(25)21-16-7-5-4-6-8-16/h4-11,14H,3,12-13H2,1-2H3,(H2,21,22,25). The predicted molar refractivity (Wildman–Crippen MR) is 101 cm³/mol. The lowest BCUT2D eigenvalue weighted by molar-refractivity contribution is -0.135. The summed E-state index contributed by atoms with van der Waals surface area (Å²) in [5.74, 6) is 0.657. The number of benzene rings is 2. The third kappa shape index (κ3) is 4.14. The second-order valence-corrected chi connectivity index (χ2v) is 6.34. The quantitative estimate of drug-likeness (QED) is 0.877. The van der Waals surface area contributed by atoms with Crippen molar-refractivity contribution in [3.8, 4) is 5.75 Å². The molecule has 0 bridgehead atoms. The number of carbonyl (C=O) groups is 2. The van der Waals surface area contributed by atoms with Crippen LogP contribution >= 0.6 is 0 Å². The van der Waals surface area contributed by atoms with Gasteiger partial charge in [-0.05, 0) is 43.7 Å². The summed E-state index contributed by atoms with van der Waals surface area (Å²) in [6.07, 6.45) is 0.874. The van der Waals surface area contributed by atoms with Crippen LogP contribution in [0.3, 0.4) is 0 Å². The molecule has 1 aliphatic rings. The van der Waals surface area contributed by atoms with Gasteiger partial charge in [0.15, 0.2) is 6.61 Å². The van der Waals surface area contributed by atoms with Gasteiger partial charge >= 0.3 is 6.03 Å². The molecule has 2 N–H and O–H groups in total. The van der Waals surface area contributed by atoms with E-state index in [0.29, 0.717) is 18.0 Å². The van der Waals surface area contributed by atoms with E-state index in [1.165, 1.54) is 0 Å². The van der Waals surface area contributed by atoms with Gasteiger partial charge in [0, 0.05) is 29.5 Å². The Balaban J connectivity index is 1.73. The highest BCUT2D eigenvalue weighted by Gasteiger charge is 2.25. The zero-order chi connectivity index (χ0) is 18.5. The van der Waals surface area contributed by atoms with E-state index in [-0.39, 0.29) is 24.6 Å². The molecule has 1 unspecified atom stereocenters. The fourth-order valence-electron chi connectivity index (χ4n) is 2.85. The number of anilines is 2. The minimum Gasteiger partial charge on any atom is -0.483 e. The number of nitrogens with zero attached hydrogens (tertiary/aromatic N) is 1. The maximum Gasteiger partial charge on any atom is 0.323 e. The first-order chi connectivity index (χ1) is 12.6. The van der Waals surface area contributed by atoms with Gasteiger partial charge in [-0.25, -0.2) is 4.79 Å². The normalized spacial score (nSPS) is 14.7. The average molecular weight is 353 g/mol. The van der Waals surface area contributed by atoms with Gasteiger partial charge in [0.05, 0.1) is 0 Å². The molecule has 6 nitrogen and oxygen atoms in total. The Hall–Kier alpha value is -3.02. The molecule has 2 aromatic carbocycles. The van der Waals surface area contributed by atoms with E-state index in [1.807, 2.05) is 48.2 Å². The van der Waals surface area contributed by atoms with Crippen molar-refractivity contribution < 1.29 is 14.3 Å². The van der Waals surface area contributed by atoms with Crippen LogP contribution < -0.4 is 15.4 Å². The number of para-hydroxylation sites is 1. The lowest BCUT2D eigenvalue weighted by Crippen LogP contribution is -2.39. The van der Waals surface area contributed by atoms with E-state index in [4.69, 9.17) is 4.74 Å². The van der Waals surface area contributed by atoms with Gasteiger partial charge in [-0.3, -0.25) is 4.79 Å². The van der Waals surface area contributed by atoms with Gasteiger partial charge < -0.3 is 20.3 Å². The van der Waals surface area contributed by atoms with Gasteiger partial charge in [-0.15, -0.1) is 0 Å². The molecule has 0 aromatic heterocycles.